The van der Waals surface area contributed by atoms with Crippen molar-refractivity contribution in [3.05, 3.63) is 41.2 Å². The quantitative estimate of drug-likeness (QED) is 0.723. The molecular weight excluding hydrogens is 247 g/mol. The molecule has 1 amide bonds. The van der Waals surface area contributed by atoms with Gasteiger partial charge in [-0.15, -0.1) is 0 Å². The second kappa shape index (κ2) is 6.33. The molecule has 0 aliphatic carbocycles. The summed E-state index contributed by atoms with van der Waals surface area (Å²) in [7, 11) is 0. The van der Waals surface area contributed by atoms with Gasteiger partial charge in [0.25, 0.3) is 5.91 Å². The van der Waals surface area contributed by atoms with Gasteiger partial charge in [0.15, 0.2) is 0 Å². The normalized spacial score (nSPS) is 14.9. The zero-order valence-electron chi connectivity index (χ0n) is 10.6. The number of aromatic hydroxyl groups is 1. The number of phenolic OH excluding ortho intramolecular Hbond substituents is 1. The summed E-state index contributed by atoms with van der Waals surface area (Å²) in [5, 5.41) is 15.4. The van der Waals surface area contributed by atoms with Gasteiger partial charge in [0.2, 0.25) is 0 Å². The first-order valence-corrected chi connectivity index (χ1v) is 6.32. The first-order valence-electron chi connectivity index (χ1n) is 6.32. The lowest BCUT2D eigenvalue weighted by molar-refractivity contribution is 0.0951. The van der Waals surface area contributed by atoms with E-state index in [4.69, 9.17) is 0 Å². The Kier molecular flexibility index (Phi) is 4.52. The molecule has 0 bridgehead atoms. The summed E-state index contributed by atoms with van der Waals surface area (Å²) in [4.78, 5) is 11.8. The van der Waals surface area contributed by atoms with Crippen molar-refractivity contribution in [3.8, 4) is 5.75 Å². The highest BCUT2D eigenvalue weighted by Gasteiger charge is 2.11. The van der Waals surface area contributed by atoms with E-state index < -0.39 is 5.82 Å². The lowest BCUT2D eigenvalue weighted by Gasteiger charge is -2.14. The third-order valence-corrected chi connectivity index (χ3v) is 3.09. The molecule has 4 nitrogen and oxygen atoms in total. The number of benzene rings is 1. The van der Waals surface area contributed by atoms with Crippen LogP contribution in [0.5, 0.6) is 5.75 Å². The van der Waals surface area contributed by atoms with Gasteiger partial charge in [-0.05, 0) is 31.5 Å². The van der Waals surface area contributed by atoms with E-state index in [1.807, 2.05) is 0 Å². The van der Waals surface area contributed by atoms with Gasteiger partial charge in [-0.25, -0.2) is 4.39 Å². The van der Waals surface area contributed by atoms with Crippen LogP contribution < -0.4 is 10.6 Å². The monoisotopic (exact) mass is 264 g/mol. The second-order valence-corrected chi connectivity index (χ2v) is 4.48. The van der Waals surface area contributed by atoms with Gasteiger partial charge in [0.1, 0.15) is 11.6 Å². The molecule has 0 aromatic heterocycles. The van der Waals surface area contributed by atoms with Crippen molar-refractivity contribution in [1.29, 1.82) is 0 Å². The van der Waals surface area contributed by atoms with Gasteiger partial charge < -0.3 is 15.7 Å². The van der Waals surface area contributed by atoms with Crippen molar-refractivity contribution < 1.29 is 14.3 Å². The van der Waals surface area contributed by atoms with E-state index in [9.17, 15) is 14.3 Å². The molecule has 1 heterocycles. The Labute approximate surface area is 111 Å². The van der Waals surface area contributed by atoms with Crippen LogP contribution in [0.3, 0.4) is 0 Å². The summed E-state index contributed by atoms with van der Waals surface area (Å²) < 4.78 is 12.8. The van der Waals surface area contributed by atoms with E-state index in [1.54, 1.807) is 0 Å². The minimum Gasteiger partial charge on any atom is -0.507 e. The average molecular weight is 264 g/mol. The van der Waals surface area contributed by atoms with Crippen molar-refractivity contribution in [3.63, 3.8) is 0 Å². The number of amides is 1. The maximum Gasteiger partial charge on any atom is 0.255 e. The summed E-state index contributed by atoms with van der Waals surface area (Å²) >= 11 is 0. The number of carbonyl (C=O) groups excluding carboxylic acids is 1. The number of carbonyl (C=O) groups is 1. The number of hydrogen-bond acceptors (Lipinski definition) is 3. The molecule has 0 atom stereocenters. The highest BCUT2D eigenvalue weighted by molar-refractivity contribution is 5.96. The standard InChI is InChI=1S/C14H17FN2O2/c15-11-1-2-12(13(18)9-11)14(19)17-8-5-10-3-6-16-7-4-10/h1-3,9,16,18H,4-8H2,(H,17,19). The summed E-state index contributed by atoms with van der Waals surface area (Å²) in [6.07, 6.45) is 3.93. The van der Waals surface area contributed by atoms with Crippen LogP contribution in [0, 0.1) is 5.82 Å². The van der Waals surface area contributed by atoms with Crippen LogP contribution in [-0.2, 0) is 0 Å². The zero-order chi connectivity index (χ0) is 13.7. The van der Waals surface area contributed by atoms with Gasteiger partial charge in [-0.2, -0.15) is 0 Å². The SMILES string of the molecule is O=C(NCCC1=CCNCC1)c1ccc(F)cc1O. The topological polar surface area (TPSA) is 61.4 Å². The molecule has 0 saturated carbocycles. The predicted molar refractivity (Wildman–Crippen MR) is 70.6 cm³/mol. The minimum atomic E-state index is -0.561. The van der Waals surface area contributed by atoms with Crippen LogP contribution in [0.1, 0.15) is 23.2 Å². The van der Waals surface area contributed by atoms with Crippen LogP contribution in [0.15, 0.2) is 29.8 Å². The van der Waals surface area contributed by atoms with E-state index in [0.717, 1.165) is 38.1 Å². The Bertz CT molecular complexity index is 500. The van der Waals surface area contributed by atoms with Crippen LogP contribution in [-0.4, -0.2) is 30.6 Å². The maximum atomic E-state index is 12.8. The molecule has 1 aliphatic rings. The van der Waals surface area contributed by atoms with E-state index in [1.165, 1.54) is 11.6 Å². The van der Waals surface area contributed by atoms with Crippen molar-refractivity contribution in [2.45, 2.75) is 12.8 Å². The van der Waals surface area contributed by atoms with Crippen molar-refractivity contribution in [2.24, 2.45) is 0 Å². The average Bonchev–Trinajstić information content (AvgIpc) is 2.39. The zero-order valence-corrected chi connectivity index (χ0v) is 10.6. The van der Waals surface area contributed by atoms with Crippen LogP contribution in [0.2, 0.25) is 0 Å². The molecule has 1 aromatic carbocycles. The highest BCUT2D eigenvalue weighted by atomic mass is 19.1. The van der Waals surface area contributed by atoms with Gasteiger partial charge in [0.05, 0.1) is 5.56 Å². The summed E-state index contributed by atoms with van der Waals surface area (Å²) in [6, 6.07) is 3.37. The molecule has 0 radical (unpaired) electrons. The first kappa shape index (κ1) is 13.5. The molecule has 1 aliphatic heterocycles. The Morgan fingerprint density at radius 2 is 2.32 bits per heavy atom. The van der Waals surface area contributed by atoms with Crippen LogP contribution in [0.4, 0.5) is 4.39 Å². The molecule has 1 aromatic rings. The highest BCUT2D eigenvalue weighted by Crippen LogP contribution is 2.17. The summed E-state index contributed by atoms with van der Waals surface area (Å²) in [6.45, 7) is 2.36. The Balaban J connectivity index is 1.85. The molecule has 0 fully saturated rings. The molecule has 102 valence electrons. The molecular formula is C14H17FN2O2. The molecule has 3 N–H and O–H groups in total. The van der Waals surface area contributed by atoms with Gasteiger partial charge in [-0.3, -0.25) is 4.79 Å². The molecule has 0 unspecified atom stereocenters. The third kappa shape index (κ3) is 3.79. The van der Waals surface area contributed by atoms with E-state index in [2.05, 4.69) is 16.7 Å². The van der Waals surface area contributed by atoms with Gasteiger partial charge >= 0.3 is 0 Å². The van der Waals surface area contributed by atoms with E-state index >= 15 is 0 Å². The number of phenols is 1. The number of rotatable bonds is 4. The lowest BCUT2D eigenvalue weighted by atomic mass is 10.1. The summed E-state index contributed by atoms with van der Waals surface area (Å²) in [5.74, 6) is -1.28. The van der Waals surface area contributed by atoms with Crippen LogP contribution >= 0.6 is 0 Å². The Hall–Kier alpha value is -1.88. The maximum absolute atomic E-state index is 12.8. The van der Waals surface area contributed by atoms with Gasteiger partial charge in [0, 0.05) is 19.2 Å². The summed E-state index contributed by atoms with van der Waals surface area (Å²) in [5.41, 5.74) is 1.42. The Morgan fingerprint density at radius 1 is 1.47 bits per heavy atom. The van der Waals surface area contributed by atoms with Gasteiger partial charge in [-0.1, -0.05) is 11.6 Å². The van der Waals surface area contributed by atoms with Crippen molar-refractivity contribution in [2.75, 3.05) is 19.6 Å². The van der Waals surface area contributed by atoms with Crippen molar-refractivity contribution in [1.82, 2.24) is 10.6 Å². The second-order valence-electron chi connectivity index (χ2n) is 4.48. The molecule has 19 heavy (non-hydrogen) atoms. The predicted octanol–water partition coefficient (Wildman–Crippen LogP) is 1.57. The molecule has 0 spiro atoms. The fourth-order valence-corrected chi connectivity index (χ4v) is 2.03. The molecule has 2 rings (SSSR count). The smallest absolute Gasteiger partial charge is 0.255 e. The first-order chi connectivity index (χ1) is 9.16. The minimum absolute atomic E-state index is 0.0979. The number of halogens is 1. The Morgan fingerprint density at radius 3 is 3.00 bits per heavy atom. The fourth-order valence-electron chi connectivity index (χ4n) is 2.03. The lowest BCUT2D eigenvalue weighted by Crippen LogP contribution is -2.26. The third-order valence-electron chi connectivity index (χ3n) is 3.09. The van der Waals surface area contributed by atoms with Crippen molar-refractivity contribution >= 4 is 5.91 Å². The molecule has 5 heteroatoms. The van der Waals surface area contributed by atoms with Crippen LogP contribution in [0.25, 0.3) is 0 Å². The van der Waals surface area contributed by atoms with E-state index in [0.29, 0.717) is 6.54 Å². The molecule has 0 saturated heterocycles. The largest absolute Gasteiger partial charge is 0.507 e. The fraction of sp³-hybridized carbons (Fsp3) is 0.357. The number of nitrogens with one attached hydrogen (secondary N) is 2. The van der Waals surface area contributed by atoms with E-state index in [-0.39, 0.29) is 17.2 Å². The number of hydrogen-bond donors (Lipinski definition) is 3.